The van der Waals surface area contributed by atoms with E-state index in [1.165, 1.54) is 33.4 Å². The number of hydrogen-bond acceptors (Lipinski definition) is 4. The van der Waals surface area contributed by atoms with E-state index in [2.05, 4.69) is 266 Å². The average Bonchev–Trinajstić information content (AvgIpc) is 1.66. The van der Waals surface area contributed by atoms with Gasteiger partial charge in [-0.2, -0.15) is 0 Å². The van der Waals surface area contributed by atoms with Gasteiger partial charge in [0.1, 0.15) is 11.2 Å². The zero-order valence-corrected chi connectivity index (χ0v) is 58.9. The highest BCUT2D eigenvalue weighted by Crippen LogP contribution is 2.55. The van der Waals surface area contributed by atoms with Gasteiger partial charge in [-0.15, -0.1) is 0 Å². The Bertz CT molecular complexity index is 5490. The number of para-hydroxylation sites is 1. The zero-order chi connectivity index (χ0) is 67.7. The molecule has 0 aliphatic carbocycles. The van der Waals surface area contributed by atoms with Gasteiger partial charge in [0.05, 0.1) is 62.3 Å². The first-order chi connectivity index (χ1) is 45.4. The van der Waals surface area contributed by atoms with Gasteiger partial charge in [-0.05, 0) is 145 Å². The van der Waals surface area contributed by atoms with Crippen molar-refractivity contribution in [1.82, 2.24) is 28.7 Å². The van der Waals surface area contributed by atoms with Gasteiger partial charge in [0, 0.05) is 54.2 Å². The van der Waals surface area contributed by atoms with E-state index in [1.807, 2.05) is 60.7 Å². The van der Waals surface area contributed by atoms with Gasteiger partial charge in [-0.3, -0.25) is 0 Å². The molecular weight excluding hydrogens is 1170 g/mol. The van der Waals surface area contributed by atoms with E-state index in [9.17, 15) is 6.57 Å². The molecule has 96 heavy (non-hydrogen) atoms. The van der Waals surface area contributed by atoms with Crippen LogP contribution in [0.2, 0.25) is 0 Å². The van der Waals surface area contributed by atoms with Crippen molar-refractivity contribution in [2.24, 2.45) is 0 Å². The molecule has 0 radical (unpaired) electrons. The number of furan rings is 1. The molecule has 0 saturated heterocycles. The lowest BCUT2D eigenvalue weighted by atomic mass is 9.85. The third-order valence-corrected chi connectivity index (χ3v) is 20.1. The molecule has 0 N–H and O–H groups in total. The van der Waals surface area contributed by atoms with E-state index in [0.717, 1.165) is 98.7 Å². The summed E-state index contributed by atoms with van der Waals surface area (Å²) < 4.78 is 15.3. The first kappa shape index (κ1) is 62.0. The van der Waals surface area contributed by atoms with Crippen molar-refractivity contribution in [2.75, 3.05) is 0 Å². The lowest BCUT2D eigenvalue weighted by Crippen LogP contribution is -2.13. The zero-order valence-electron chi connectivity index (χ0n) is 58.9. The topological polar surface area (TPSA) is 71.0 Å². The maximum absolute atomic E-state index is 10.1. The first-order valence-corrected chi connectivity index (χ1v) is 34.0. The summed E-state index contributed by atoms with van der Waals surface area (Å²) in [4.78, 5) is 20.8. The summed E-state index contributed by atoms with van der Waals surface area (Å²) in [7, 11) is 0. The summed E-state index contributed by atoms with van der Waals surface area (Å²) in [5.74, 6) is 1.54. The molecule has 478 valence electrons. The number of hydrogen-bond donors (Lipinski definition) is 0. The van der Waals surface area contributed by atoms with Crippen LogP contribution >= 0.6 is 0 Å². The Morgan fingerprint density at radius 3 is 0.917 bits per heavy atom. The summed E-state index contributed by atoms with van der Waals surface area (Å²) in [6.07, 6.45) is 0. The smallest absolute Gasteiger partial charge is 0.255 e. The highest BCUT2D eigenvalue weighted by molar-refractivity contribution is 6.24. The predicted molar refractivity (Wildman–Crippen MR) is 405 cm³/mol. The summed E-state index contributed by atoms with van der Waals surface area (Å²) in [5.41, 5.74) is 18.8. The molecule has 10 aromatic carbocycles. The van der Waals surface area contributed by atoms with E-state index in [4.69, 9.17) is 24.2 Å². The van der Waals surface area contributed by atoms with E-state index >= 15 is 0 Å². The van der Waals surface area contributed by atoms with Gasteiger partial charge >= 0.3 is 0 Å². The van der Waals surface area contributed by atoms with Gasteiger partial charge in [0.25, 0.3) is 5.69 Å². The second-order valence-corrected chi connectivity index (χ2v) is 32.9. The van der Waals surface area contributed by atoms with Crippen LogP contribution in [0.4, 0.5) is 5.69 Å². The van der Waals surface area contributed by atoms with Crippen molar-refractivity contribution in [1.29, 1.82) is 0 Å². The van der Waals surface area contributed by atoms with Crippen molar-refractivity contribution >= 4 is 93.0 Å². The van der Waals surface area contributed by atoms with Crippen molar-refractivity contribution in [3.63, 3.8) is 0 Å². The molecule has 0 aliphatic heterocycles. The number of nitrogens with zero attached hydrogens (tertiary/aromatic N) is 7. The Morgan fingerprint density at radius 1 is 0.302 bits per heavy atom. The Balaban J connectivity index is 1.24. The average molecular weight is 1260 g/mol. The lowest BCUT2D eigenvalue weighted by molar-refractivity contribution is 0.590. The van der Waals surface area contributed by atoms with Gasteiger partial charge in [-0.25, -0.2) is 19.8 Å². The van der Waals surface area contributed by atoms with E-state index in [1.54, 1.807) is 0 Å². The van der Waals surface area contributed by atoms with E-state index in [0.29, 0.717) is 45.6 Å². The van der Waals surface area contributed by atoms with Gasteiger partial charge in [0.15, 0.2) is 17.5 Å². The molecule has 0 atom stereocenters. The SMILES string of the molecule is [C-]#[N+]c1c(-n2c3ccc(C(C)(C)C)cc3c3cc(C(C)(C)C)ccc32)c(-n2c3ccc(C(C)(C)C)cc3c3cc(C(C)(C)C)ccc32)c(-n2c3ccc(C(C)(C)C)cc3c3cc(C(C)(C)C)ccc32)c2c1oc1c(-c3nc(-c4ccccc4)nc(-c4ccccc4)n3)cccc12. The van der Waals surface area contributed by atoms with E-state index in [-0.39, 0.29) is 32.5 Å². The van der Waals surface area contributed by atoms with Crippen molar-refractivity contribution < 1.29 is 4.42 Å². The maximum Gasteiger partial charge on any atom is 0.255 e. The van der Waals surface area contributed by atoms with Crippen LogP contribution in [0.15, 0.2) is 192 Å². The third kappa shape index (κ3) is 10.0. The number of benzene rings is 10. The molecule has 5 heterocycles. The molecule has 15 rings (SSSR count). The second-order valence-electron chi connectivity index (χ2n) is 32.9. The Kier molecular flexibility index (Phi) is 13.9. The normalized spacial score (nSPS) is 13.1. The highest BCUT2D eigenvalue weighted by Gasteiger charge is 2.36. The van der Waals surface area contributed by atoms with Crippen LogP contribution in [0.3, 0.4) is 0 Å². The number of aromatic nitrogens is 6. The molecule has 8 nitrogen and oxygen atoms in total. The largest absolute Gasteiger partial charge is 0.466 e. The molecule has 0 amide bonds. The molecule has 0 aliphatic rings. The monoisotopic (exact) mass is 1260 g/mol. The molecule has 15 aromatic rings. The minimum Gasteiger partial charge on any atom is -0.466 e. The highest BCUT2D eigenvalue weighted by atomic mass is 16.3. The Labute approximate surface area is 564 Å². The van der Waals surface area contributed by atoms with Gasteiger partial charge in [-0.1, -0.05) is 234 Å². The summed E-state index contributed by atoms with van der Waals surface area (Å²) in [6, 6.07) is 69.0. The summed E-state index contributed by atoms with van der Waals surface area (Å²) in [5, 5.41) is 8.43. The number of fused-ring (bicyclic) bond motifs is 12. The predicted octanol–water partition coefficient (Wildman–Crippen LogP) is 24.4. The van der Waals surface area contributed by atoms with Crippen LogP contribution in [0, 0.1) is 6.57 Å². The van der Waals surface area contributed by atoms with Crippen LogP contribution < -0.4 is 0 Å². The quantitative estimate of drug-likeness (QED) is 0.156. The fraction of sp³-hybridized carbons (Fsp3) is 0.273. The Hall–Kier alpha value is -10.1. The van der Waals surface area contributed by atoms with E-state index < -0.39 is 0 Å². The molecule has 0 saturated carbocycles. The van der Waals surface area contributed by atoms with Crippen molar-refractivity contribution in [2.45, 2.75) is 157 Å². The third-order valence-electron chi connectivity index (χ3n) is 20.1. The molecule has 5 aromatic heterocycles. The number of rotatable bonds is 6. The van der Waals surface area contributed by atoms with Crippen LogP contribution in [0.1, 0.15) is 158 Å². The van der Waals surface area contributed by atoms with Gasteiger partial charge < -0.3 is 18.1 Å². The van der Waals surface area contributed by atoms with Crippen LogP contribution in [0.5, 0.6) is 0 Å². The molecule has 0 unspecified atom stereocenters. The summed E-state index contributed by atoms with van der Waals surface area (Å²) in [6.45, 7) is 51.5. The second kappa shape index (κ2) is 21.5. The standard InChI is InChI=1S/C88H85N7O/c1-83(2,3)53-33-39-67-61(45-53)62-46-54(84(4,5)6)34-40-68(62)93(67)75-73-59-31-26-32-60(82-91-80(51-27-22-20-23-28-51)90-81(92-82)52-29-24-21-25-30-52)78(59)96-79(73)74(89-19)76(94-69-41-35-55(85(7,8)9)47-63(69)64-48-56(86(10,11)12)36-42-70(64)94)77(75)95-71-43-37-57(87(13,14)15)49-65(71)66-50-58(88(16,17)18)38-44-72(66)95/h20-50H,1-18H3. The molecular formula is C88H85N7O. The Morgan fingerprint density at radius 2 is 0.604 bits per heavy atom. The fourth-order valence-corrected chi connectivity index (χ4v) is 14.4. The molecule has 8 heteroatoms. The van der Waals surface area contributed by atoms with Crippen LogP contribution in [-0.2, 0) is 32.5 Å². The molecule has 0 bridgehead atoms. The minimum atomic E-state index is -0.159. The van der Waals surface area contributed by atoms with Crippen molar-refractivity contribution in [3.05, 3.63) is 233 Å². The van der Waals surface area contributed by atoms with Crippen LogP contribution in [-0.4, -0.2) is 28.7 Å². The minimum absolute atomic E-state index is 0.156. The molecule has 0 spiro atoms. The van der Waals surface area contributed by atoms with Gasteiger partial charge in [0.2, 0.25) is 0 Å². The van der Waals surface area contributed by atoms with Crippen molar-refractivity contribution in [3.8, 4) is 51.2 Å². The molecule has 0 fully saturated rings. The fourth-order valence-electron chi connectivity index (χ4n) is 14.4. The maximum atomic E-state index is 10.1. The lowest BCUT2D eigenvalue weighted by Gasteiger charge is -2.25. The summed E-state index contributed by atoms with van der Waals surface area (Å²) >= 11 is 0. The first-order valence-electron chi connectivity index (χ1n) is 34.0. The van der Waals surface area contributed by atoms with Crippen LogP contribution in [0.25, 0.3) is 143 Å².